The van der Waals surface area contributed by atoms with Crippen molar-refractivity contribution in [3.05, 3.63) is 23.8 Å². The summed E-state index contributed by atoms with van der Waals surface area (Å²) in [5.41, 5.74) is 7.53. The van der Waals surface area contributed by atoms with Crippen LogP contribution in [0.3, 0.4) is 0 Å². The lowest BCUT2D eigenvalue weighted by molar-refractivity contribution is -0.119. The minimum atomic E-state index is 0.200. The lowest BCUT2D eigenvalue weighted by atomic mass is 10.1. The molecule has 0 atom stereocenters. The first-order valence-corrected chi connectivity index (χ1v) is 7.46. The molecular weight excluding hydrogens is 252 g/mol. The normalized spacial score (nSPS) is 13.8. The maximum atomic E-state index is 12.3. The van der Waals surface area contributed by atoms with Crippen molar-refractivity contribution < 1.29 is 9.53 Å². The Balaban J connectivity index is 1.91. The first-order chi connectivity index (χ1) is 9.72. The van der Waals surface area contributed by atoms with Crippen LogP contribution in [0.15, 0.2) is 18.2 Å². The van der Waals surface area contributed by atoms with Gasteiger partial charge in [0.15, 0.2) is 0 Å². The van der Waals surface area contributed by atoms with Crippen molar-refractivity contribution in [3.63, 3.8) is 0 Å². The largest absolute Gasteiger partial charge is 0.490 e. The molecular formula is C16H24N2O2. The van der Waals surface area contributed by atoms with Gasteiger partial charge < -0.3 is 15.4 Å². The number of rotatable bonds is 6. The molecule has 110 valence electrons. The van der Waals surface area contributed by atoms with E-state index in [9.17, 15) is 4.79 Å². The van der Waals surface area contributed by atoms with Gasteiger partial charge in [0.05, 0.1) is 12.2 Å². The Labute approximate surface area is 120 Å². The van der Waals surface area contributed by atoms with Gasteiger partial charge in [0, 0.05) is 6.42 Å². The highest BCUT2D eigenvalue weighted by molar-refractivity contribution is 5.95. The Morgan fingerprint density at radius 1 is 1.30 bits per heavy atom. The van der Waals surface area contributed by atoms with Crippen molar-refractivity contribution in [2.75, 3.05) is 24.6 Å². The summed E-state index contributed by atoms with van der Waals surface area (Å²) in [5, 5.41) is 0. The second-order valence-electron chi connectivity index (χ2n) is 5.32. The molecule has 0 fully saturated rings. The summed E-state index contributed by atoms with van der Waals surface area (Å²) in [6.45, 7) is 4.00. The zero-order chi connectivity index (χ0) is 14.4. The molecule has 1 aliphatic heterocycles. The number of nitrogens with two attached hydrogens (primary N) is 1. The van der Waals surface area contributed by atoms with Crippen LogP contribution in [0.2, 0.25) is 0 Å². The number of aryl methyl sites for hydroxylation is 1. The van der Waals surface area contributed by atoms with Gasteiger partial charge in [-0.2, -0.15) is 0 Å². The van der Waals surface area contributed by atoms with E-state index in [2.05, 4.69) is 0 Å². The number of amides is 1. The third kappa shape index (κ3) is 3.73. The zero-order valence-electron chi connectivity index (χ0n) is 12.2. The van der Waals surface area contributed by atoms with Gasteiger partial charge in [-0.25, -0.2) is 0 Å². The van der Waals surface area contributed by atoms with Crippen molar-refractivity contribution >= 4 is 11.6 Å². The van der Waals surface area contributed by atoms with Crippen LogP contribution in [0.4, 0.5) is 5.69 Å². The number of nitrogens with zero attached hydrogens (tertiary/aromatic N) is 1. The molecule has 0 aliphatic carbocycles. The molecule has 1 aromatic carbocycles. The molecule has 0 spiro atoms. The molecule has 0 bridgehead atoms. The summed E-state index contributed by atoms with van der Waals surface area (Å²) in [7, 11) is 0. The first-order valence-electron chi connectivity index (χ1n) is 7.46. The van der Waals surface area contributed by atoms with Crippen LogP contribution in [0.5, 0.6) is 5.75 Å². The van der Waals surface area contributed by atoms with Crippen molar-refractivity contribution in [2.45, 2.75) is 39.0 Å². The number of hydrogen-bond acceptors (Lipinski definition) is 3. The molecule has 4 heteroatoms. The SMILES string of the molecule is Cc1ccc2c(c1)OCCN2C(=O)CCCCCCN. The highest BCUT2D eigenvalue weighted by atomic mass is 16.5. The molecule has 1 heterocycles. The number of anilines is 1. The molecule has 0 aromatic heterocycles. The van der Waals surface area contributed by atoms with Gasteiger partial charge in [-0.3, -0.25) is 4.79 Å². The molecule has 1 aromatic rings. The number of hydrogen-bond donors (Lipinski definition) is 1. The lowest BCUT2D eigenvalue weighted by Gasteiger charge is -2.29. The minimum Gasteiger partial charge on any atom is -0.490 e. The van der Waals surface area contributed by atoms with Crippen LogP contribution in [-0.2, 0) is 4.79 Å². The smallest absolute Gasteiger partial charge is 0.227 e. The van der Waals surface area contributed by atoms with Crippen molar-refractivity contribution in [2.24, 2.45) is 5.73 Å². The summed E-state index contributed by atoms with van der Waals surface area (Å²) < 4.78 is 5.63. The van der Waals surface area contributed by atoms with E-state index in [0.717, 1.165) is 49.2 Å². The summed E-state index contributed by atoms with van der Waals surface area (Å²) in [6, 6.07) is 6.00. The minimum absolute atomic E-state index is 0.200. The van der Waals surface area contributed by atoms with Crippen LogP contribution in [0.25, 0.3) is 0 Å². The quantitative estimate of drug-likeness (QED) is 0.813. The number of carbonyl (C=O) groups excluding carboxylic acids is 1. The second-order valence-corrected chi connectivity index (χ2v) is 5.32. The topological polar surface area (TPSA) is 55.6 Å². The van der Waals surface area contributed by atoms with Crippen LogP contribution in [0.1, 0.15) is 37.7 Å². The van der Waals surface area contributed by atoms with E-state index < -0.39 is 0 Å². The number of carbonyl (C=O) groups is 1. The predicted molar refractivity (Wildman–Crippen MR) is 81.2 cm³/mol. The number of unbranched alkanes of at least 4 members (excludes halogenated alkanes) is 3. The molecule has 1 amide bonds. The van der Waals surface area contributed by atoms with Crippen molar-refractivity contribution in [3.8, 4) is 5.75 Å². The molecule has 1 aliphatic rings. The summed E-state index contributed by atoms with van der Waals surface area (Å²) >= 11 is 0. The van der Waals surface area contributed by atoms with Crippen LogP contribution >= 0.6 is 0 Å². The van der Waals surface area contributed by atoms with Gasteiger partial charge in [-0.1, -0.05) is 18.9 Å². The lowest BCUT2D eigenvalue weighted by Crippen LogP contribution is -2.37. The Kier molecular flexibility index (Phi) is 5.41. The van der Waals surface area contributed by atoms with Gasteiger partial charge in [0.2, 0.25) is 5.91 Å². The van der Waals surface area contributed by atoms with E-state index in [1.807, 2.05) is 30.0 Å². The Bertz CT molecular complexity index is 460. The zero-order valence-corrected chi connectivity index (χ0v) is 12.2. The van der Waals surface area contributed by atoms with Gasteiger partial charge in [0.25, 0.3) is 0 Å². The van der Waals surface area contributed by atoms with E-state index in [4.69, 9.17) is 10.5 Å². The molecule has 0 unspecified atom stereocenters. The Morgan fingerprint density at radius 2 is 2.10 bits per heavy atom. The highest BCUT2D eigenvalue weighted by Gasteiger charge is 2.22. The fourth-order valence-electron chi connectivity index (χ4n) is 2.50. The number of ether oxygens (including phenoxy) is 1. The average Bonchev–Trinajstić information content (AvgIpc) is 2.46. The molecule has 0 radical (unpaired) electrons. The molecule has 2 rings (SSSR count). The summed E-state index contributed by atoms with van der Waals surface area (Å²) in [4.78, 5) is 14.2. The van der Waals surface area contributed by atoms with Crippen molar-refractivity contribution in [1.82, 2.24) is 0 Å². The average molecular weight is 276 g/mol. The summed E-state index contributed by atoms with van der Waals surface area (Å²) in [6.07, 6.45) is 4.79. The molecule has 0 saturated heterocycles. The monoisotopic (exact) mass is 276 g/mol. The van der Waals surface area contributed by atoms with E-state index >= 15 is 0 Å². The maximum absolute atomic E-state index is 12.3. The third-order valence-electron chi connectivity index (χ3n) is 3.62. The van der Waals surface area contributed by atoms with E-state index in [-0.39, 0.29) is 5.91 Å². The van der Waals surface area contributed by atoms with Crippen molar-refractivity contribution in [1.29, 1.82) is 0 Å². The molecule has 4 nitrogen and oxygen atoms in total. The second kappa shape index (κ2) is 7.29. The van der Waals surface area contributed by atoms with Gasteiger partial charge in [0.1, 0.15) is 12.4 Å². The van der Waals surface area contributed by atoms with Crippen LogP contribution in [-0.4, -0.2) is 25.6 Å². The van der Waals surface area contributed by atoms with E-state index in [1.54, 1.807) is 0 Å². The van der Waals surface area contributed by atoms with Gasteiger partial charge >= 0.3 is 0 Å². The van der Waals surface area contributed by atoms with Gasteiger partial charge in [-0.05, 0) is 44.0 Å². The maximum Gasteiger partial charge on any atom is 0.227 e. The molecule has 0 saturated carbocycles. The standard InChI is InChI=1S/C16H24N2O2/c1-13-7-8-14-15(12-13)20-11-10-18(14)16(19)6-4-2-3-5-9-17/h7-8,12H,2-6,9-11,17H2,1H3. The predicted octanol–water partition coefficient (Wildman–Crippen LogP) is 2.63. The molecule has 20 heavy (non-hydrogen) atoms. The highest BCUT2D eigenvalue weighted by Crippen LogP contribution is 2.32. The number of fused-ring (bicyclic) bond motifs is 1. The Morgan fingerprint density at radius 3 is 2.90 bits per heavy atom. The summed E-state index contributed by atoms with van der Waals surface area (Å²) in [5.74, 6) is 1.03. The third-order valence-corrected chi connectivity index (χ3v) is 3.62. The van der Waals surface area contributed by atoms with Crippen LogP contribution < -0.4 is 15.4 Å². The van der Waals surface area contributed by atoms with E-state index in [0.29, 0.717) is 19.6 Å². The Hall–Kier alpha value is -1.55. The fourth-order valence-corrected chi connectivity index (χ4v) is 2.50. The molecule has 2 N–H and O–H groups in total. The fraction of sp³-hybridized carbons (Fsp3) is 0.562. The number of benzene rings is 1. The van der Waals surface area contributed by atoms with Crippen LogP contribution in [0, 0.1) is 6.92 Å². The van der Waals surface area contributed by atoms with Gasteiger partial charge in [-0.15, -0.1) is 0 Å². The van der Waals surface area contributed by atoms with E-state index in [1.165, 1.54) is 0 Å². The first kappa shape index (κ1) is 14.9.